The molecule has 5 nitrogen and oxygen atoms in total. The molecule has 0 bridgehead atoms. The van der Waals surface area contributed by atoms with Crippen molar-refractivity contribution in [1.82, 2.24) is 15.0 Å². The van der Waals surface area contributed by atoms with Crippen molar-refractivity contribution >= 4 is 0 Å². The zero-order valence-corrected chi connectivity index (χ0v) is 11.4. The van der Waals surface area contributed by atoms with Crippen LogP contribution < -0.4 is 9.47 Å². The second-order valence-electron chi connectivity index (χ2n) is 4.24. The molecule has 21 heavy (non-hydrogen) atoms. The molecule has 0 spiro atoms. The predicted molar refractivity (Wildman–Crippen MR) is 78.3 cm³/mol. The van der Waals surface area contributed by atoms with Gasteiger partial charge >= 0.3 is 0 Å². The average Bonchev–Trinajstić information content (AvgIpc) is 2.56. The van der Waals surface area contributed by atoms with E-state index in [2.05, 4.69) is 15.0 Å². The second kappa shape index (κ2) is 6.00. The van der Waals surface area contributed by atoms with E-state index in [-0.39, 0.29) is 0 Å². The SMILES string of the molecule is COc1ccc(-c2nccc(Oc3cccnc3)n2)cc1. The Kier molecular flexibility index (Phi) is 3.73. The lowest BCUT2D eigenvalue weighted by Crippen LogP contribution is -1.93. The molecule has 5 heteroatoms. The maximum atomic E-state index is 5.65. The third-order valence-corrected chi connectivity index (χ3v) is 2.84. The van der Waals surface area contributed by atoms with Crippen molar-refractivity contribution in [2.75, 3.05) is 7.11 Å². The van der Waals surface area contributed by atoms with Crippen molar-refractivity contribution in [1.29, 1.82) is 0 Å². The summed E-state index contributed by atoms with van der Waals surface area (Å²) in [5, 5.41) is 0. The Morgan fingerprint density at radius 1 is 0.905 bits per heavy atom. The average molecular weight is 279 g/mol. The highest BCUT2D eigenvalue weighted by Gasteiger charge is 2.05. The van der Waals surface area contributed by atoms with Crippen molar-refractivity contribution in [3.8, 4) is 28.8 Å². The number of aromatic nitrogens is 3. The first kappa shape index (κ1) is 13.1. The molecule has 3 aromatic rings. The van der Waals surface area contributed by atoms with Gasteiger partial charge < -0.3 is 9.47 Å². The van der Waals surface area contributed by atoms with Crippen LogP contribution in [0.5, 0.6) is 17.4 Å². The van der Waals surface area contributed by atoms with E-state index in [0.717, 1.165) is 11.3 Å². The Hall–Kier alpha value is -2.95. The molecule has 0 aliphatic rings. The Morgan fingerprint density at radius 2 is 1.76 bits per heavy atom. The van der Waals surface area contributed by atoms with E-state index in [1.54, 1.807) is 37.8 Å². The van der Waals surface area contributed by atoms with Crippen LogP contribution in [0.15, 0.2) is 61.1 Å². The molecule has 0 radical (unpaired) electrons. The quantitative estimate of drug-likeness (QED) is 0.733. The van der Waals surface area contributed by atoms with E-state index in [4.69, 9.17) is 9.47 Å². The van der Waals surface area contributed by atoms with E-state index in [9.17, 15) is 0 Å². The van der Waals surface area contributed by atoms with Gasteiger partial charge in [0.15, 0.2) is 5.82 Å². The Balaban J connectivity index is 1.85. The number of pyridine rings is 1. The topological polar surface area (TPSA) is 57.1 Å². The highest BCUT2D eigenvalue weighted by atomic mass is 16.5. The first-order valence-corrected chi connectivity index (χ1v) is 6.40. The van der Waals surface area contributed by atoms with E-state index in [1.165, 1.54) is 0 Å². The molecular formula is C16H13N3O2. The van der Waals surface area contributed by atoms with Crippen LogP contribution in [-0.4, -0.2) is 22.1 Å². The molecule has 1 aromatic carbocycles. The van der Waals surface area contributed by atoms with Gasteiger partial charge in [-0.1, -0.05) is 0 Å². The van der Waals surface area contributed by atoms with Crippen LogP contribution in [0.3, 0.4) is 0 Å². The summed E-state index contributed by atoms with van der Waals surface area (Å²) in [7, 11) is 1.63. The van der Waals surface area contributed by atoms with Crippen LogP contribution in [0.4, 0.5) is 0 Å². The molecular weight excluding hydrogens is 266 g/mol. The molecule has 0 fully saturated rings. The summed E-state index contributed by atoms with van der Waals surface area (Å²) in [6.07, 6.45) is 4.99. The maximum Gasteiger partial charge on any atom is 0.222 e. The number of hydrogen-bond donors (Lipinski definition) is 0. The van der Waals surface area contributed by atoms with E-state index >= 15 is 0 Å². The van der Waals surface area contributed by atoms with Gasteiger partial charge in [0, 0.05) is 24.0 Å². The number of benzene rings is 1. The first-order chi connectivity index (χ1) is 10.3. The molecule has 0 aliphatic heterocycles. The molecule has 0 unspecified atom stereocenters. The molecule has 0 aliphatic carbocycles. The van der Waals surface area contributed by atoms with Crippen LogP contribution in [0.2, 0.25) is 0 Å². The van der Waals surface area contributed by atoms with Gasteiger partial charge in [-0.2, -0.15) is 4.98 Å². The van der Waals surface area contributed by atoms with Gasteiger partial charge in [-0.3, -0.25) is 4.98 Å². The fraction of sp³-hybridized carbons (Fsp3) is 0.0625. The summed E-state index contributed by atoms with van der Waals surface area (Å²) in [6.45, 7) is 0. The monoisotopic (exact) mass is 279 g/mol. The van der Waals surface area contributed by atoms with Gasteiger partial charge in [0.05, 0.1) is 13.3 Å². The zero-order valence-electron chi connectivity index (χ0n) is 11.4. The smallest absolute Gasteiger partial charge is 0.222 e. The summed E-state index contributed by atoms with van der Waals surface area (Å²) >= 11 is 0. The zero-order chi connectivity index (χ0) is 14.5. The molecule has 0 saturated heterocycles. The van der Waals surface area contributed by atoms with E-state index in [1.807, 2.05) is 30.3 Å². The van der Waals surface area contributed by atoms with Crippen LogP contribution in [0.25, 0.3) is 11.4 Å². The van der Waals surface area contributed by atoms with Crippen LogP contribution in [0.1, 0.15) is 0 Å². The Bertz CT molecular complexity index is 715. The third-order valence-electron chi connectivity index (χ3n) is 2.84. The number of nitrogens with zero attached hydrogens (tertiary/aromatic N) is 3. The predicted octanol–water partition coefficient (Wildman–Crippen LogP) is 3.34. The minimum Gasteiger partial charge on any atom is -0.497 e. The molecule has 0 atom stereocenters. The third kappa shape index (κ3) is 3.14. The number of hydrogen-bond acceptors (Lipinski definition) is 5. The van der Waals surface area contributed by atoms with E-state index in [0.29, 0.717) is 17.5 Å². The number of ether oxygens (including phenoxy) is 2. The van der Waals surface area contributed by atoms with E-state index < -0.39 is 0 Å². The minimum absolute atomic E-state index is 0.476. The normalized spacial score (nSPS) is 10.1. The molecule has 0 amide bonds. The van der Waals surface area contributed by atoms with Gasteiger partial charge in [0.1, 0.15) is 11.5 Å². The largest absolute Gasteiger partial charge is 0.497 e. The Labute approximate surface area is 122 Å². The van der Waals surface area contributed by atoms with Gasteiger partial charge in [-0.05, 0) is 36.4 Å². The fourth-order valence-electron chi connectivity index (χ4n) is 1.81. The highest BCUT2D eigenvalue weighted by molar-refractivity contribution is 5.56. The van der Waals surface area contributed by atoms with Gasteiger partial charge in [0.2, 0.25) is 5.88 Å². The molecule has 0 saturated carbocycles. The van der Waals surface area contributed by atoms with Crippen molar-refractivity contribution < 1.29 is 9.47 Å². The lowest BCUT2D eigenvalue weighted by Gasteiger charge is -2.06. The summed E-state index contributed by atoms with van der Waals surface area (Å²) in [5.41, 5.74) is 0.896. The van der Waals surface area contributed by atoms with Crippen LogP contribution in [0, 0.1) is 0 Å². The number of methoxy groups -OCH3 is 1. The van der Waals surface area contributed by atoms with Gasteiger partial charge in [-0.15, -0.1) is 0 Å². The standard InChI is InChI=1S/C16H13N3O2/c1-20-13-6-4-12(5-7-13)16-18-10-8-15(19-16)21-14-3-2-9-17-11-14/h2-11H,1H3. The fourth-order valence-corrected chi connectivity index (χ4v) is 1.81. The van der Waals surface area contributed by atoms with Crippen molar-refractivity contribution in [3.63, 3.8) is 0 Å². The Morgan fingerprint density at radius 3 is 2.48 bits per heavy atom. The van der Waals surface area contributed by atoms with Crippen molar-refractivity contribution in [2.45, 2.75) is 0 Å². The molecule has 2 heterocycles. The molecule has 104 valence electrons. The minimum atomic E-state index is 0.476. The summed E-state index contributed by atoms with van der Waals surface area (Å²) in [5.74, 6) is 2.50. The molecule has 2 aromatic heterocycles. The van der Waals surface area contributed by atoms with Crippen molar-refractivity contribution in [3.05, 3.63) is 61.1 Å². The summed E-state index contributed by atoms with van der Waals surface area (Å²) in [6, 6.07) is 12.9. The molecule has 0 N–H and O–H groups in total. The molecule has 3 rings (SSSR count). The lowest BCUT2D eigenvalue weighted by atomic mass is 10.2. The van der Waals surface area contributed by atoms with Gasteiger partial charge in [0.25, 0.3) is 0 Å². The lowest BCUT2D eigenvalue weighted by molar-refractivity contribution is 0.415. The van der Waals surface area contributed by atoms with Gasteiger partial charge in [-0.25, -0.2) is 4.98 Å². The van der Waals surface area contributed by atoms with Crippen molar-refractivity contribution in [2.24, 2.45) is 0 Å². The second-order valence-corrected chi connectivity index (χ2v) is 4.24. The van der Waals surface area contributed by atoms with Crippen LogP contribution >= 0.6 is 0 Å². The maximum absolute atomic E-state index is 5.65. The van der Waals surface area contributed by atoms with Crippen LogP contribution in [-0.2, 0) is 0 Å². The summed E-state index contributed by atoms with van der Waals surface area (Å²) < 4.78 is 10.8. The summed E-state index contributed by atoms with van der Waals surface area (Å²) in [4.78, 5) is 12.6. The first-order valence-electron chi connectivity index (χ1n) is 6.40. The number of rotatable bonds is 4. The highest BCUT2D eigenvalue weighted by Crippen LogP contribution is 2.22.